The van der Waals surface area contributed by atoms with Crippen LogP contribution in [0.5, 0.6) is 0 Å². The van der Waals surface area contributed by atoms with Crippen LogP contribution < -0.4 is 0 Å². The van der Waals surface area contributed by atoms with E-state index in [4.69, 9.17) is 4.74 Å². The third-order valence-electron chi connectivity index (χ3n) is 4.49. The SMILES string of the molecule is CC(C)CC(C)(C)C1CCN(CCOC(C)C)CC1. The molecule has 0 atom stereocenters. The summed E-state index contributed by atoms with van der Waals surface area (Å²) in [6.45, 7) is 18.4. The fourth-order valence-electron chi connectivity index (χ4n) is 3.57. The summed E-state index contributed by atoms with van der Waals surface area (Å²) < 4.78 is 5.65. The van der Waals surface area contributed by atoms with Crippen molar-refractivity contribution in [1.29, 1.82) is 0 Å². The van der Waals surface area contributed by atoms with Crippen LogP contribution in [-0.2, 0) is 4.74 Å². The minimum absolute atomic E-state index is 0.363. The van der Waals surface area contributed by atoms with Crippen LogP contribution >= 0.6 is 0 Å². The van der Waals surface area contributed by atoms with Crippen LogP contribution in [0.3, 0.4) is 0 Å². The normalized spacial score (nSPS) is 19.6. The summed E-state index contributed by atoms with van der Waals surface area (Å²) in [5.41, 5.74) is 0.509. The van der Waals surface area contributed by atoms with Gasteiger partial charge in [-0.15, -0.1) is 0 Å². The Balaban J connectivity index is 2.28. The van der Waals surface area contributed by atoms with Crippen molar-refractivity contribution in [3.63, 3.8) is 0 Å². The molecule has 0 unspecified atom stereocenters. The highest BCUT2D eigenvalue weighted by molar-refractivity contribution is 4.84. The Morgan fingerprint density at radius 3 is 2.16 bits per heavy atom. The molecule has 2 nitrogen and oxygen atoms in total. The predicted molar refractivity (Wildman–Crippen MR) is 83.5 cm³/mol. The quantitative estimate of drug-likeness (QED) is 0.687. The molecule has 0 aromatic rings. The molecule has 1 rings (SSSR count). The van der Waals surface area contributed by atoms with Gasteiger partial charge in [-0.05, 0) is 63.5 Å². The van der Waals surface area contributed by atoms with Crippen molar-refractivity contribution < 1.29 is 4.74 Å². The van der Waals surface area contributed by atoms with Crippen molar-refractivity contribution in [1.82, 2.24) is 4.90 Å². The average Bonchev–Trinajstić information content (AvgIpc) is 2.27. The topological polar surface area (TPSA) is 12.5 Å². The summed E-state index contributed by atoms with van der Waals surface area (Å²) in [6.07, 6.45) is 4.44. The highest BCUT2D eigenvalue weighted by Crippen LogP contribution is 2.39. The Labute approximate surface area is 120 Å². The first-order valence-electron chi connectivity index (χ1n) is 8.15. The summed E-state index contributed by atoms with van der Waals surface area (Å²) in [5, 5.41) is 0. The Kier molecular flexibility index (Phi) is 6.82. The Bertz CT molecular complexity index is 240. The van der Waals surface area contributed by atoms with Gasteiger partial charge in [-0.3, -0.25) is 0 Å². The molecule has 2 heteroatoms. The fourth-order valence-corrected chi connectivity index (χ4v) is 3.57. The van der Waals surface area contributed by atoms with Crippen LogP contribution in [0.2, 0.25) is 0 Å². The lowest BCUT2D eigenvalue weighted by atomic mass is 9.69. The van der Waals surface area contributed by atoms with Gasteiger partial charge in [-0.2, -0.15) is 0 Å². The standard InChI is InChI=1S/C17H35NO/c1-14(2)13-17(5,6)16-7-9-18(10-8-16)11-12-19-15(3)4/h14-16H,7-13H2,1-6H3. The lowest BCUT2D eigenvalue weighted by Crippen LogP contribution is -2.40. The Hall–Kier alpha value is -0.0800. The second-order valence-electron chi connectivity index (χ2n) is 7.62. The van der Waals surface area contributed by atoms with Crippen molar-refractivity contribution in [2.75, 3.05) is 26.2 Å². The summed E-state index contributed by atoms with van der Waals surface area (Å²) in [7, 11) is 0. The predicted octanol–water partition coefficient (Wildman–Crippen LogP) is 4.20. The van der Waals surface area contributed by atoms with E-state index in [2.05, 4.69) is 46.4 Å². The van der Waals surface area contributed by atoms with Crippen LogP contribution in [-0.4, -0.2) is 37.2 Å². The van der Waals surface area contributed by atoms with E-state index in [1.54, 1.807) is 0 Å². The average molecular weight is 269 g/mol. The molecule has 1 fully saturated rings. The number of rotatable bonds is 7. The molecular weight excluding hydrogens is 234 g/mol. The number of hydrogen-bond acceptors (Lipinski definition) is 2. The summed E-state index contributed by atoms with van der Waals surface area (Å²) in [6, 6.07) is 0. The summed E-state index contributed by atoms with van der Waals surface area (Å²) >= 11 is 0. The highest BCUT2D eigenvalue weighted by Gasteiger charge is 2.32. The monoisotopic (exact) mass is 269 g/mol. The van der Waals surface area contributed by atoms with E-state index in [9.17, 15) is 0 Å². The van der Waals surface area contributed by atoms with Crippen molar-refractivity contribution in [2.24, 2.45) is 17.3 Å². The maximum atomic E-state index is 5.65. The molecule has 1 saturated heterocycles. The molecule has 1 aliphatic rings. The van der Waals surface area contributed by atoms with Crippen LogP contribution in [0.1, 0.15) is 60.8 Å². The van der Waals surface area contributed by atoms with E-state index in [1.165, 1.54) is 32.4 Å². The van der Waals surface area contributed by atoms with Gasteiger partial charge in [0, 0.05) is 6.54 Å². The van der Waals surface area contributed by atoms with E-state index in [1.807, 2.05) is 0 Å². The van der Waals surface area contributed by atoms with Gasteiger partial charge in [-0.25, -0.2) is 0 Å². The third kappa shape index (κ3) is 6.27. The maximum absolute atomic E-state index is 5.65. The van der Waals surface area contributed by atoms with Gasteiger partial charge in [0.2, 0.25) is 0 Å². The van der Waals surface area contributed by atoms with Crippen molar-refractivity contribution in [2.45, 2.75) is 66.9 Å². The zero-order valence-corrected chi connectivity index (χ0v) is 14.0. The maximum Gasteiger partial charge on any atom is 0.0596 e. The molecule has 0 amide bonds. The number of hydrogen-bond donors (Lipinski definition) is 0. The lowest BCUT2D eigenvalue weighted by Gasteiger charge is -2.41. The lowest BCUT2D eigenvalue weighted by molar-refractivity contribution is 0.0364. The molecular formula is C17H35NO. The minimum atomic E-state index is 0.363. The Morgan fingerprint density at radius 1 is 1.11 bits per heavy atom. The van der Waals surface area contributed by atoms with E-state index >= 15 is 0 Å². The molecule has 0 N–H and O–H groups in total. The van der Waals surface area contributed by atoms with Gasteiger partial charge < -0.3 is 9.64 Å². The van der Waals surface area contributed by atoms with Gasteiger partial charge in [-0.1, -0.05) is 27.7 Å². The molecule has 0 spiro atoms. The van der Waals surface area contributed by atoms with E-state index in [0.29, 0.717) is 11.5 Å². The van der Waals surface area contributed by atoms with Crippen LogP contribution in [0, 0.1) is 17.3 Å². The summed E-state index contributed by atoms with van der Waals surface area (Å²) in [4.78, 5) is 2.57. The molecule has 0 aliphatic carbocycles. The second kappa shape index (κ2) is 7.64. The van der Waals surface area contributed by atoms with E-state index in [-0.39, 0.29) is 0 Å². The third-order valence-corrected chi connectivity index (χ3v) is 4.49. The molecule has 0 aromatic heterocycles. The first kappa shape index (κ1) is 17.0. The smallest absolute Gasteiger partial charge is 0.0596 e. The number of piperidine rings is 1. The first-order valence-corrected chi connectivity index (χ1v) is 8.15. The molecule has 0 aromatic carbocycles. The van der Waals surface area contributed by atoms with Crippen LogP contribution in [0.15, 0.2) is 0 Å². The van der Waals surface area contributed by atoms with E-state index < -0.39 is 0 Å². The van der Waals surface area contributed by atoms with Crippen molar-refractivity contribution in [3.05, 3.63) is 0 Å². The number of likely N-dealkylation sites (tertiary alicyclic amines) is 1. The molecule has 1 aliphatic heterocycles. The molecule has 0 radical (unpaired) electrons. The van der Waals surface area contributed by atoms with Gasteiger partial charge in [0.25, 0.3) is 0 Å². The van der Waals surface area contributed by atoms with Gasteiger partial charge in [0.05, 0.1) is 12.7 Å². The molecule has 0 bridgehead atoms. The molecule has 19 heavy (non-hydrogen) atoms. The zero-order chi connectivity index (χ0) is 14.5. The Morgan fingerprint density at radius 2 is 1.68 bits per heavy atom. The first-order chi connectivity index (χ1) is 8.81. The zero-order valence-electron chi connectivity index (χ0n) is 14.0. The van der Waals surface area contributed by atoms with Gasteiger partial charge >= 0.3 is 0 Å². The molecule has 114 valence electrons. The molecule has 1 heterocycles. The summed E-state index contributed by atoms with van der Waals surface area (Å²) in [5.74, 6) is 1.71. The minimum Gasteiger partial charge on any atom is -0.377 e. The van der Waals surface area contributed by atoms with Gasteiger partial charge in [0.1, 0.15) is 0 Å². The van der Waals surface area contributed by atoms with Crippen LogP contribution in [0.4, 0.5) is 0 Å². The highest BCUT2D eigenvalue weighted by atomic mass is 16.5. The second-order valence-corrected chi connectivity index (χ2v) is 7.62. The molecule has 0 saturated carbocycles. The largest absolute Gasteiger partial charge is 0.377 e. The van der Waals surface area contributed by atoms with E-state index in [0.717, 1.165) is 25.0 Å². The van der Waals surface area contributed by atoms with Gasteiger partial charge in [0.15, 0.2) is 0 Å². The number of nitrogens with zero attached hydrogens (tertiary/aromatic N) is 1. The van der Waals surface area contributed by atoms with Crippen LogP contribution in [0.25, 0.3) is 0 Å². The van der Waals surface area contributed by atoms with Crippen molar-refractivity contribution >= 4 is 0 Å². The van der Waals surface area contributed by atoms with Crippen molar-refractivity contribution in [3.8, 4) is 0 Å². The number of ether oxygens (including phenoxy) is 1. The fraction of sp³-hybridized carbons (Fsp3) is 1.00.